The standard InChI is InChI=1S/C33H39F3O2/c1-3-5-7-9-10-25-16-19-29(33(36)32(25)35)24-14-12-23(13-15-24)28-18-17-26(20-30(28)34)27-21-37-31(38-22-27)11-8-6-4-2/h12-20,27,31H,3-11,21-22H2,1-2H3. The van der Waals surface area contributed by atoms with Crippen LogP contribution in [0.25, 0.3) is 22.3 Å². The van der Waals surface area contributed by atoms with Gasteiger partial charge in [-0.1, -0.05) is 94.5 Å². The maximum atomic E-state index is 15.1. The predicted octanol–water partition coefficient (Wildman–Crippen LogP) is 9.60. The summed E-state index contributed by atoms with van der Waals surface area (Å²) in [5.41, 5.74) is 3.18. The van der Waals surface area contributed by atoms with Gasteiger partial charge in [-0.05, 0) is 54.0 Å². The molecule has 0 aromatic heterocycles. The highest BCUT2D eigenvalue weighted by atomic mass is 19.2. The van der Waals surface area contributed by atoms with E-state index in [9.17, 15) is 8.78 Å². The first-order valence-electron chi connectivity index (χ1n) is 14.1. The molecule has 204 valence electrons. The first-order chi connectivity index (χ1) is 18.5. The van der Waals surface area contributed by atoms with Gasteiger partial charge in [0.05, 0.1) is 13.2 Å². The second kappa shape index (κ2) is 14.0. The molecular formula is C33H39F3O2. The van der Waals surface area contributed by atoms with Crippen LogP contribution in [0.1, 0.15) is 82.3 Å². The highest BCUT2D eigenvalue weighted by Gasteiger charge is 2.24. The van der Waals surface area contributed by atoms with Gasteiger partial charge in [-0.25, -0.2) is 13.2 Å². The molecule has 1 aliphatic heterocycles. The van der Waals surface area contributed by atoms with E-state index >= 15 is 4.39 Å². The third-order valence-electron chi connectivity index (χ3n) is 7.44. The summed E-state index contributed by atoms with van der Waals surface area (Å²) >= 11 is 0. The van der Waals surface area contributed by atoms with Crippen molar-refractivity contribution in [3.63, 3.8) is 0 Å². The second-order valence-electron chi connectivity index (χ2n) is 10.3. The maximum absolute atomic E-state index is 15.1. The topological polar surface area (TPSA) is 18.5 Å². The van der Waals surface area contributed by atoms with Crippen LogP contribution in [0.4, 0.5) is 13.2 Å². The fourth-order valence-corrected chi connectivity index (χ4v) is 5.06. The van der Waals surface area contributed by atoms with Gasteiger partial charge < -0.3 is 9.47 Å². The van der Waals surface area contributed by atoms with Crippen LogP contribution >= 0.6 is 0 Å². The highest BCUT2D eigenvalue weighted by Crippen LogP contribution is 2.32. The molecule has 4 rings (SSSR count). The molecule has 0 bridgehead atoms. The Morgan fingerprint density at radius 1 is 0.684 bits per heavy atom. The van der Waals surface area contributed by atoms with E-state index in [1.807, 2.05) is 6.07 Å². The Morgan fingerprint density at radius 2 is 1.32 bits per heavy atom. The predicted molar refractivity (Wildman–Crippen MR) is 148 cm³/mol. The lowest BCUT2D eigenvalue weighted by atomic mass is 9.94. The molecule has 0 aliphatic carbocycles. The van der Waals surface area contributed by atoms with Gasteiger partial charge in [-0.15, -0.1) is 0 Å². The molecule has 0 amide bonds. The second-order valence-corrected chi connectivity index (χ2v) is 10.3. The van der Waals surface area contributed by atoms with Gasteiger partial charge in [0.15, 0.2) is 17.9 Å². The quantitative estimate of drug-likeness (QED) is 0.220. The lowest BCUT2D eigenvalue weighted by molar-refractivity contribution is -0.190. The first-order valence-corrected chi connectivity index (χ1v) is 14.1. The summed E-state index contributed by atoms with van der Waals surface area (Å²) in [5, 5.41) is 0. The Kier molecular flexibility index (Phi) is 10.4. The third-order valence-corrected chi connectivity index (χ3v) is 7.44. The fraction of sp³-hybridized carbons (Fsp3) is 0.455. The summed E-state index contributed by atoms with van der Waals surface area (Å²) in [6.45, 7) is 5.32. The van der Waals surface area contributed by atoms with Crippen LogP contribution in [0.3, 0.4) is 0 Å². The van der Waals surface area contributed by atoms with E-state index in [0.717, 1.165) is 56.9 Å². The largest absolute Gasteiger partial charge is 0.352 e. The Morgan fingerprint density at radius 3 is 1.97 bits per heavy atom. The number of unbranched alkanes of at least 4 members (excludes halogenated alkanes) is 5. The molecule has 0 radical (unpaired) electrons. The average molecular weight is 525 g/mol. The smallest absolute Gasteiger partial charge is 0.166 e. The zero-order valence-corrected chi connectivity index (χ0v) is 22.6. The minimum atomic E-state index is -0.828. The van der Waals surface area contributed by atoms with Crippen molar-refractivity contribution in [2.24, 2.45) is 0 Å². The van der Waals surface area contributed by atoms with E-state index in [-0.39, 0.29) is 23.6 Å². The first kappa shape index (κ1) is 28.4. The Bertz CT molecular complexity index is 1170. The Balaban J connectivity index is 1.41. The number of hydrogen-bond acceptors (Lipinski definition) is 2. The van der Waals surface area contributed by atoms with Gasteiger partial charge in [-0.3, -0.25) is 0 Å². The van der Waals surface area contributed by atoms with Gasteiger partial charge >= 0.3 is 0 Å². The average Bonchev–Trinajstić information content (AvgIpc) is 2.94. The molecule has 3 aromatic rings. The Labute approximate surface area is 225 Å². The van der Waals surface area contributed by atoms with E-state index in [1.54, 1.807) is 48.5 Å². The third kappa shape index (κ3) is 7.06. The number of rotatable bonds is 12. The van der Waals surface area contributed by atoms with Crippen LogP contribution in [-0.2, 0) is 15.9 Å². The number of aryl methyl sites for hydroxylation is 1. The molecule has 1 aliphatic rings. The highest BCUT2D eigenvalue weighted by molar-refractivity contribution is 5.71. The van der Waals surface area contributed by atoms with Crippen LogP contribution in [0.5, 0.6) is 0 Å². The fourth-order valence-electron chi connectivity index (χ4n) is 5.06. The lowest BCUT2D eigenvalue weighted by Crippen LogP contribution is -2.30. The van der Waals surface area contributed by atoms with Gasteiger partial charge in [0.25, 0.3) is 0 Å². The lowest BCUT2D eigenvalue weighted by Gasteiger charge is -2.30. The molecular weight excluding hydrogens is 485 g/mol. The van der Waals surface area contributed by atoms with Crippen molar-refractivity contribution < 1.29 is 22.6 Å². The van der Waals surface area contributed by atoms with Gasteiger partial charge in [0, 0.05) is 17.0 Å². The molecule has 0 spiro atoms. The molecule has 2 nitrogen and oxygen atoms in total. The number of hydrogen-bond donors (Lipinski definition) is 0. The van der Waals surface area contributed by atoms with E-state index < -0.39 is 11.6 Å². The molecule has 0 unspecified atom stereocenters. The zero-order valence-electron chi connectivity index (χ0n) is 22.6. The molecule has 1 heterocycles. The maximum Gasteiger partial charge on any atom is 0.166 e. The number of benzene rings is 3. The van der Waals surface area contributed by atoms with Crippen molar-refractivity contribution in [3.8, 4) is 22.3 Å². The summed E-state index contributed by atoms with van der Waals surface area (Å²) in [5.74, 6) is -1.93. The molecule has 1 saturated heterocycles. The molecule has 0 saturated carbocycles. The normalized spacial score (nSPS) is 17.6. The zero-order chi connectivity index (χ0) is 26.9. The number of ether oxygens (including phenoxy) is 2. The molecule has 38 heavy (non-hydrogen) atoms. The summed E-state index contributed by atoms with van der Waals surface area (Å²) in [4.78, 5) is 0. The molecule has 3 aromatic carbocycles. The SMILES string of the molecule is CCCCCCc1ccc(-c2ccc(-c3ccc(C4COC(CCCCC)OC4)cc3F)cc2)c(F)c1F. The van der Waals surface area contributed by atoms with Gasteiger partial charge in [0.1, 0.15) is 5.82 Å². The van der Waals surface area contributed by atoms with E-state index in [4.69, 9.17) is 9.47 Å². The Hall–Kier alpha value is -2.63. The van der Waals surface area contributed by atoms with Crippen molar-refractivity contribution in [2.45, 2.75) is 83.8 Å². The van der Waals surface area contributed by atoms with Gasteiger partial charge in [0.2, 0.25) is 0 Å². The van der Waals surface area contributed by atoms with E-state index in [2.05, 4.69) is 13.8 Å². The minimum Gasteiger partial charge on any atom is -0.352 e. The van der Waals surface area contributed by atoms with Crippen LogP contribution in [0, 0.1) is 17.5 Å². The van der Waals surface area contributed by atoms with E-state index in [1.165, 1.54) is 0 Å². The molecule has 5 heteroatoms. The van der Waals surface area contributed by atoms with Crippen LogP contribution in [0.2, 0.25) is 0 Å². The monoisotopic (exact) mass is 524 g/mol. The van der Waals surface area contributed by atoms with Crippen LogP contribution in [-0.4, -0.2) is 19.5 Å². The molecule has 0 atom stereocenters. The summed E-state index contributed by atoms with van der Waals surface area (Å²) in [6, 6.07) is 15.5. The number of halogens is 3. The molecule has 0 N–H and O–H groups in total. The van der Waals surface area contributed by atoms with E-state index in [0.29, 0.717) is 41.9 Å². The van der Waals surface area contributed by atoms with Crippen molar-refractivity contribution in [2.75, 3.05) is 13.2 Å². The summed E-state index contributed by atoms with van der Waals surface area (Å²) in [7, 11) is 0. The summed E-state index contributed by atoms with van der Waals surface area (Å²) < 4.78 is 56.4. The van der Waals surface area contributed by atoms with Crippen molar-refractivity contribution in [1.82, 2.24) is 0 Å². The summed E-state index contributed by atoms with van der Waals surface area (Å²) in [6.07, 6.45) is 8.73. The van der Waals surface area contributed by atoms with Crippen molar-refractivity contribution in [1.29, 1.82) is 0 Å². The van der Waals surface area contributed by atoms with Gasteiger partial charge in [-0.2, -0.15) is 0 Å². The van der Waals surface area contributed by atoms with Crippen LogP contribution in [0.15, 0.2) is 54.6 Å². The van der Waals surface area contributed by atoms with Crippen molar-refractivity contribution in [3.05, 3.63) is 83.2 Å². The minimum absolute atomic E-state index is 0.00385. The molecule has 1 fully saturated rings. The van der Waals surface area contributed by atoms with Crippen molar-refractivity contribution >= 4 is 0 Å². The van der Waals surface area contributed by atoms with Crippen LogP contribution < -0.4 is 0 Å².